The fourth-order valence-electron chi connectivity index (χ4n) is 3.55. The van der Waals surface area contributed by atoms with E-state index in [0.29, 0.717) is 24.7 Å². The van der Waals surface area contributed by atoms with Gasteiger partial charge in [-0.15, -0.1) is 0 Å². The molecule has 0 aromatic heterocycles. The number of hydrogen-bond donors (Lipinski definition) is 1. The Labute approximate surface area is 198 Å². The van der Waals surface area contributed by atoms with Crippen molar-refractivity contribution in [2.45, 2.75) is 13.5 Å². The van der Waals surface area contributed by atoms with Gasteiger partial charge in [-0.1, -0.05) is 54.6 Å². The van der Waals surface area contributed by atoms with Crippen LogP contribution >= 0.6 is 0 Å². The molecule has 4 aromatic carbocycles. The van der Waals surface area contributed by atoms with Gasteiger partial charge in [0.2, 0.25) is 0 Å². The molecular weight excluding hydrogens is 424 g/mol. The van der Waals surface area contributed by atoms with Crippen LogP contribution in [-0.2, 0) is 11.4 Å². The Morgan fingerprint density at radius 1 is 0.882 bits per heavy atom. The van der Waals surface area contributed by atoms with E-state index in [1.54, 1.807) is 30.3 Å². The van der Waals surface area contributed by atoms with E-state index in [0.717, 1.165) is 16.9 Å². The predicted octanol–water partition coefficient (Wildman–Crippen LogP) is 6.36. The van der Waals surface area contributed by atoms with Gasteiger partial charge < -0.3 is 14.8 Å². The zero-order valence-corrected chi connectivity index (χ0v) is 18.8. The first-order valence-corrected chi connectivity index (χ1v) is 11.0. The molecule has 5 heteroatoms. The number of ether oxygens (including phenoxy) is 2. The minimum Gasteiger partial charge on any atom is -0.494 e. The average molecular weight is 449 g/mol. The van der Waals surface area contributed by atoms with Crippen LogP contribution < -0.4 is 14.8 Å². The molecule has 0 unspecified atom stereocenters. The topological polar surface area (TPSA) is 71.3 Å². The first-order chi connectivity index (χ1) is 16.7. The zero-order valence-electron chi connectivity index (χ0n) is 18.8. The van der Waals surface area contributed by atoms with Gasteiger partial charge in [0.05, 0.1) is 6.61 Å². The van der Waals surface area contributed by atoms with E-state index < -0.39 is 5.91 Å². The average Bonchev–Trinajstić information content (AvgIpc) is 2.88. The number of amides is 1. The number of nitriles is 1. The lowest BCUT2D eigenvalue weighted by molar-refractivity contribution is -0.112. The summed E-state index contributed by atoms with van der Waals surface area (Å²) in [5, 5.41) is 14.6. The molecule has 0 fully saturated rings. The molecule has 5 nitrogen and oxygen atoms in total. The number of nitrogens with zero attached hydrogens (tertiary/aromatic N) is 1. The lowest BCUT2D eigenvalue weighted by Crippen LogP contribution is -2.13. The summed E-state index contributed by atoms with van der Waals surface area (Å²) >= 11 is 0. The lowest BCUT2D eigenvalue weighted by Gasteiger charge is -2.09. The number of benzene rings is 4. The van der Waals surface area contributed by atoms with Crippen LogP contribution in [0.15, 0.2) is 96.6 Å². The van der Waals surface area contributed by atoms with Crippen LogP contribution in [0.3, 0.4) is 0 Å². The fourth-order valence-corrected chi connectivity index (χ4v) is 3.55. The number of hydrogen-bond acceptors (Lipinski definition) is 4. The van der Waals surface area contributed by atoms with E-state index in [1.165, 1.54) is 10.8 Å². The van der Waals surface area contributed by atoms with Crippen molar-refractivity contribution < 1.29 is 14.3 Å². The number of fused-ring (bicyclic) bond motifs is 1. The van der Waals surface area contributed by atoms with Crippen LogP contribution in [0, 0.1) is 11.3 Å². The second-order valence-electron chi connectivity index (χ2n) is 7.58. The van der Waals surface area contributed by atoms with Crippen molar-refractivity contribution in [3.05, 3.63) is 108 Å². The molecule has 0 saturated heterocycles. The van der Waals surface area contributed by atoms with Gasteiger partial charge in [0, 0.05) is 5.69 Å². The summed E-state index contributed by atoms with van der Waals surface area (Å²) < 4.78 is 11.4. The van der Waals surface area contributed by atoms with Gasteiger partial charge in [-0.2, -0.15) is 5.26 Å². The standard InChI is InChI=1S/C29H24N2O3/c1-2-33-26-16-12-25(13-17-26)31-29(32)24(19-30)18-21-10-14-27(15-11-21)34-20-23-8-5-7-22-6-3-4-9-28(22)23/h3-18H,2,20H2,1H3,(H,31,32)/b24-18-. The lowest BCUT2D eigenvalue weighted by atomic mass is 10.1. The fraction of sp³-hybridized carbons (Fsp3) is 0.103. The Morgan fingerprint density at radius 2 is 1.56 bits per heavy atom. The van der Waals surface area contributed by atoms with Gasteiger partial charge in [0.1, 0.15) is 29.7 Å². The highest BCUT2D eigenvalue weighted by molar-refractivity contribution is 6.09. The number of nitrogens with one attached hydrogen (secondary N) is 1. The van der Waals surface area contributed by atoms with E-state index in [-0.39, 0.29) is 5.57 Å². The van der Waals surface area contributed by atoms with Crippen LogP contribution in [0.5, 0.6) is 11.5 Å². The molecule has 168 valence electrons. The molecule has 34 heavy (non-hydrogen) atoms. The van der Waals surface area contributed by atoms with Crippen LogP contribution in [0.2, 0.25) is 0 Å². The van der Waals surface area contributed by atoms with Gasteiger partial charge >= 0.3 is 0 Å². The molecule has 0 spiro atoms. The van der Waals surface area contributed by atoms with Crippen LogP contribution in [-0.4, -0.2) is 12.5 Å². The maximum atomic E-state index is 12.5. The second kappa shape index (κ2) is 10.8. The van der Waals surface area contributed by atoms with Crippen LogP contribution in [0.25, 0.3) is 16.8 Å². The first-order valence-electron chi connectivity index (χ1n) is 11.0. The van der Waals surface area contributed by atoms with E-state index in [1.807, 2.05) is 55.5 Å². The van der Waals surface area contributed by atoms with Crippen molar-refractivity contribution in [3.8, 4) is 17.6 Å². The van der Waals surface area contributed by atoms with E-state index in [9.17, 15) is 10.1 Å². The molecule has 0 aliphatic carbocycles. The van der Waals surface area contributed by atoms with E-state index >= 15 is 0 Å². The van der Waals surface area contributed by atoms with Gasteiger partial charge in [-0.05, 0) is 71.3 Å². The summed E-state index contributed by atoms with van der Waals surface area (Å²) in [7, 11) is 0. The highest BCUT2D eigenvalue weighted by Gasteiger charge is 2.10. The Hall–Kier alpha value is -4.56. The molecule has 4 rings (SSSR count). The third-order valence-electron chi connectivity index (χ3n) is 5.25. The van der Waals surface area contributed by atoms with Crippen LogP contribution in [0.1, 0.15) is 18.1 Å². The summed E-state index contributed by atoms with van der Waals surface area (Å²) in [6.45, 7) is 2.92. The molecule has 0 aliphatic heterocycles. The monoisotopic (exact) mass is 448 g/mol. The summed E-state index contributed by atoms with van der Waals surface area (Å²) in [5.74, 6) is 0.963. The predicted molar refractivity (Wildman–Crippen MR) is 135 cm³/mol. The maximum absolute atomic E-state index is 12.5. The number of carbonyl (C=O) groups excluding carboxylic acids is 1. The molecule has 0 radical (unpaired) electrons. The summed E-state index contributed by atoms with van der Waals surface area (Å²) in [6, 6.07) is 30.7. The van der Waals surface area contributed by atoms with Gasteiger partial charge in [0.15, 0.2) is 0 Å². The molecule has 0 aliphatic rings. The highest BCUT2D eigenvalue weighted by Crippen LogP contribution is 2.22. The molecule has 0 atom stereocenters. The Bertz CT molecular complexity index is 1350. The minimum absolute atomic E-state index is 0.0123. The van der Waals surface area contributed by atoms with Gasteiger partial charge in [-0.3, -0.25) is 4.79 Å². The van der Waals surface area contributed by atoms with Crippen molar-refractivity contribution in [3.63, 3.8) is 0 Å². The quantitative estimate of drug-likeness (QED) is 0.251. The maximum Gasteiger partial charge on any atom is 0.266 e. The summed E-state index contributed by atoms with van der Waals surface area (Å²) in [6.07, 6.45) is 1.55. The third-order valence-corrected chi connectivity index (χ3v) is 5.25. The van der Waals surface area contributed by atoms with Crippen molar-refractivity contribution in [2.24, 2.45) is 0 Å². The molecule has 4 aromatic rings. The summed E-state index contributed by atoms with van der Waals surface area (Å²) in [5.41, 5.74) is 2.45. The second-order valence-corrected chi connectivity index (χ2v) is 7.58. The SMILES string of the molecule is CCOc1ccc(NC(=O)/C(C#N)=C\c2ccc(OCc3cccc4ccccc34)cc2)cc1. The van der Waals surface area contributed by atoms with E-state index in [2.05, 4.69) is 29.6 Å². The number of anilines is 1. The molecular formula is C29H24N2O3. The van der Waals surface area contributed by atoms with Crippen molar-refractivity contribution in [2.75, 3.05) is 11.9 Å². The molecule has 1 N–H and O–H groups in total. The third kappa shape index (κ3) is 5.62. The molecule has 0 heterocycles. The van der Waals surface area contributed by atoms with Gasteiger partial charge in [-0.25, -0.2) is 0 Å². The molecule has 0 saturated carbocycles. The normalized spacial score (nSPS) is 11.0. The van der Waals surface area contributed by atoms with E-state index in [4.69, 9.17) is 9.47 Å². The Kier molecular flexibility index (Phi) is 7.22. The smallest absolute Gasteiger partial charge is 0.266 e. The summed E-state index contributed by atoms with van der Waals surface area (Å²) in [4.78, 5) is 12.5. The largest absolute Gasteiger partial charge is 0.494 e. The van der Waals surface area contributed by atoms with Crippen LogP contribution in [0.4, 0.5) is 5.69 Å². The molecule has 1 amide bonds. The highest BCUT2D eigenvalue weighted by atomic mass is 16.5. The van der Waals surface area contributed by atoms with Gasteiger partial charge in [0.25, 0.3) is 5.91 Å². The Morgan fingerprint density at radius 3 is 2.29 bits per heavy atom. The van der Waals surface area contributed by atoms with Crippen molar-refractivity contribution in [1.29, 1.82) is 5.26 Å². The molecule has 0 bridgehead atoms. The number of rotatable bonds is 8. The van der Waals surface area contributed by atoms with Crippen molar-refractivity contribution in [1.82, 2.24) is 0 Å². The zero-order chi connectivity index (χ0) is 23.8. The van der Waals surface area contributed by atoms with Crippen molar-refractivity contribution >= 4 is 28.4 Å². The number of carbonyl (C=O) groups is 1. The minimum atomic E-state index is -0.469. The Balaban J connectivity index is 1.40. The first kappa shape index (κ1) is 22.6.